The number of aromatic amines is 2. The summed E-state index contributed by atoms with van der Waals surface area (Å²) in [5, 5.41) is 20.0. The highest BCUT2D eigenvalue weighted by molar-refractivity contribution is 6.09. The highest BCUT2D eigenvalue weighted by atomic mass is 16.3. The molecule has 2 heterocycles. The van der Waals surface area contributed by atoms with Crippen LogP contribution in [0.1, 0.15) is 21.7 Å². The summed E-state index contributed by atoms with van der Waals surface area (Å²) in [7, 11) is 0. The van der Waals surface area contributed by atoms with Crippen LogP contribution in [-0.2, 0) is 0 Å². The second-order valence-corrected chi connectivity index (χ2v) is 4.99. The highest BCUT2D eigenvalue weighted by Crippen LogP contribution is 2.25. The Hall–Kier alpha value is -3.09. The summed E-state index contributed by atoms with van der Waals surface area (Å²) in [5.41, 5.74) is 1.27. The lowest BCUT2D eigenvalue weighted by atomic mass is 10.1. The van der Waals surface area contributed by atoms with Gasteiger partial charge in [0, 0.05) is 5.39 Å². The number of hydrogen-bond acceptors (Lipinski definition) is 4. The number of H-pyrrole nitrogens is 2. The number of benzene rings is 1. The average molecular weight is 298 g/mol. The van der Waals surface area contributed by atoms with E-state index >= 15 is 0 Å². The number of nitrogens with one attached hydrogen (secondary N) is 3. The van der Waals surface area contributed by atoms with Gasteiger partial charge in [0.1, 0.15) is 11.3 Å². The molecule has 0 aliphatic rings. The lowest BCUT2D eigenvalue weighted by Crippen LogP contribution is -2.23. The summed E-state index contributed by atoms with van der Waals surface area (Å²) in [6.07, 6.45) is 0. The molecule has 0 bridgehead atoms. The van der Waals surface area contributed by atoms with E-state index in [4.69, 9.17) is 0 Å². The molecule has 1 aromatic carbocycles. The van der Waals surface area contributed by atoms with E-state index in [1.54, 1.807) is 38.1 Å². The van der Waals surface area contributed by atoms with Gasteiger partial charge in [-0.25, -0.2) is 0 Å². The van der Waals surface area contributed by atoms with Crippen molar-refractivity contribution >= 4 is 22.5 Å². The number of aromatic hydroxyl groups is 1. The molecule has 0 saturated heterocycles. The van der Waals surface area contributed by atoms with Gasteiger partial charge in [-0.2, -0.15) is 5.10 Å². The van der Waals surface area contributed by atoms with Gasteiger partial charge in [-0.15, -0.1) is 0 Å². The van der Waals surface area contributed by atoms with Gasteiger partial charge < -0.3 is 15.4 Å². The van der Waals surface area contributed by atoms with Crippen molar-refractivity contribution in [1.29, 1.82) is 0 Å². The van der Waals surface area contributed by atoms with Crippen LogP contribution in [0.15, 0.2) is 29.1 Å². The SMILES string of the molecule is Cc1n[nH]c(C)c1NC(=O)c1c(O)c2ccccc2[nH]c1=O. The second kappa shape index (κ2) is 5.03. The van der Waals surface area contributed by atoms with Crippen LogP contribution in [0.5, 0.6) is 5.75 Å². The third kappa shape index (κ3) is 2.12. The van der Waals surface area contributed by atoms with Crippen molar-refractivity contribution in [2.24, 2.45) is 0 Å². The molecule has 0 atom stereocenters. The number of para-hydroxylation sites is 1. The molecular weight excluding hydrogens is 284 g/mol. The Morgan fingerprint density at radius 2 is 2.00 bits per heavy atom. The van der Waals surface area contributed by atoms with Crippen LogP contribution in [0.3, 0.4) is 0 Å². The lowest BCUT2D eigenvalue weighted by Gasteiger charge is -2.08. The zero-order valence-electron chi connectivity index (χ0n) is 12.0. The number of fused-ring (bicyclic) bond motifs is 1. The van der Waals surface area contributed by atoms with Crippen molar-refractivity contribution < 1.29 is 9.90 Å². The zero-order valence-corrected chi connectivity index (χ0v) is 12.0. The van der Waals surface area contributed by atoms with Crippen molar-refractivity contribution in [2.45, 2.75) is 13.8 Å². The minimum absolute atomic E-state index is 0.321. The highest BCUT2D eigenvalue weighted by Gasteiger charge is 2.20. The molecule has 0 radical (unpaired) electrons. The zero-order chi connectivity index (χ0) is 15.9. The number of hydrogen-bond donors (Lipinski definition) is 4. The maximum Gasteiger partial charge on any atom is 0.265 e. The minimum atomic E-state index is -0.683. The number of aryl methyl sites for hydroxylation is 2. The van der Waals surface area contributed by atoms with Gasteiger partial charge in [-0.3, -0.25) is 14.7 Å². The fraction of sp³-hybridized carbons (Fsp3) is 0.133. The van der Waals surface area contributed by atoms with Crippen LogP contribution in [-0.4, -0.2) is 26.2 Å². The molecule has 22 heavy (non-hydrogen) atoms. The average Bonchev–Trinajstić information content (AvgIpc) is 2.79. The van der Waals surface area contributed by atoms with Crippen LogP contribution in [0.4, 0.5) is 5.69 Å². The predicted molar refractivity (Wildman–Crippen MR) is 82.2 cm³/mol. The monoisotopic (exact) mass is 298 g/mol. The summed E-state index contributed by atoms with van der Waals surface area (Å²) in [6.45, 7) is 3.48. The smallest absolute Gasteiger partial charge is 0.265 e. The van der Waals surface area contributed by atoms with Crippen LogP contribution in [0.25, 0.3) is 10.9 Å². The summed E-state index contributed by atoms with van der Waals surface area (Å²) < 4.78 is 0. The Kier molecular flexibility index (Phi) is 3.17. The molecule has 4 N–H and O–H groups in total. The first-order chi connectivity index (χ1) is 10.5. The van der Waals surface area contributed by atoms with E-state index in [1.807, 2.05) is 0 Å². The van der Waals surface area contributed by atoms with E-state index in [-0.39, 0.29) is 11.3 Å². The predicted octanol–water partition coefficient (Wildman–Crippen LogP) is 1.83. The molecule has 0 unspecified atom stereocenters. The third-order valence-corrected chi connectivity index (χ3v) is 3.49. The summed E-state index contributed by atoms with van der Waals surface area (Å²) in [6, 6.07) is 6.73. The van der Waals surface area contributed by atoms with E-state index in [0.29, 0.717) is 28.0 Å². The van der Waals surface area contributed by atoms with Crippen LogP contribution in [0.2, 0.25) is 0 Å². The number of aromatic nitrogens is 3. The summed E-state index contributed by atoms with van der Waals surface area (Å²) in [4.78, 5) is 27.1. The van der Waals surface area contributed by atoms with E-state index in [2.05, 4.69) is 20.5 Å². The molecule has 7 heteroatoms. The quantitative estimate of drug-likeness (QED) is 0.578. The van der Waals surface area contributed by atoms with Crippen molar-refractivity contribution in [1.82, 2.24) is 15.2 Å². The van der Waals surface area contributed by atoms with Crippen molar-refractivity contribution in [3.8, 4) is 5.75 Å². The van der Waals surface area contributed by atoms with Gasteiger partial charge in [0.05, 0.1) is 22.6 Å². The molecule has 0 saturated carbocycles. The Bertz CT molecular complexity index is 920. The molecular formula is C15H14N4O3. The largest absolute Gasteiger partial charge is 0.506 e. The molecule has 3 rings (SSSR count). The van der Waals surface area contributed by atoms with Gasteiger partial charge in [0.2, 0.25) is 0 Å². The molecule has 0 aliphatic carbocycles. The van der Waals surface area contributed by atoms with Gasteiger partial charge in [-0.05, 0) is 26.0 Å². The van der Waals surface area contributed by atoms with Crippen LogP contribution < -0.4 is 10.9 Å². The van der Waals surface area contributed by atoms with Gasteiger partial charge >= 0.3 is 0 Å². The first-order valence-corrected chi connectivity index (χ1v) is 6.66. The van der Waals surface area contributed by atoms with Crippen LogP contribution >= 0.6 is 0 Å². The second-order valence-electron chi connectivity index (χ2n) is 4.99. The molecule has 0 spiro atoms. The standard InChI is InChI=1S/C15H14N4O3/c1-7-12(8(2)19-18-7)17-15(22)11-13(20)9-5-3-4-6-10(9)16-14(11)21/h3-6H,1-2H3,(H,17,22)(H,18,19)(H2,16,20,21). The Balaban J connectivity index is 2.10. The molecule has 2 aromatic heterocycles. The van der Waals surface area contributed by atoms with Crippen molar-refractivity contribution in [3.63, 3.8) is 0 Å². The van der Waals surface area contributed by atoms with E-state index in [9.17, 15) is 14.7 Å². The van der Waals surface area contributed by atoms with E-state index in [0.717, 1.165) is 0 Å². The Morgan fingerprint density at radius 3 is 2.68 bits per heavy atom. The maximum absolute atomic E-state index is 12.4. The molecule has 3 aromatic rings. The summed E-state index contributed by atoms with van der Waals surface area (Å²) >= 11 is 0. The van der Waals surface area contributed by atoms with E-state index < -0.39 is 11.5 Å². The molecule has 112 valence electrons. The number of carbonyl (C=O) groups is 1. The lowest BCUT2D eigenvalue weighted by molar-refractivity contribution is 0.102. The number of rotatable bonds is 2. The first kappa shape index (κ1) is 13.9. The Labute approximate surface area is 125 Å². The normalized spacial score (nSPS) is 10.8. The maximum atomic E-state index is 12.4. The number of anilines is 1. The third-order valence-electron chi connectivity index (χ3n) is 3.49. The minimum Gasteiger partial charge on any atom is -0.506 e. The topological polar surface area (TPSA) is 111 Å². The fourth-order valence-corrected chi connectivity index (χ4v) is 2.35. The van der Waals surface area contributed by atoms with E-state index in [1.165, 1.54) is 0 Å². The molecule has 0 aliphatic heterocycles. The Morgan fingerprint density at radius 1 is 1.27 bits per heavy atom. The number of carbonyl (C=O) groups excluding carboxylic acids is 1. The number of nitrogens with zero attached hydrogens (tertiary/aromatic N) is 1. The van der Waals surface area contributed by atoms with Gasteiger partial charge in [-0.1, -0.05) is 12.1 Å². The molecule has 7 nitrogen and oxygen atoms in total. The van der Waals surface area contributed by atoms with Crippen LogP contribution in [0, 0.1) is 13.8 Å². The van der Waals surface area contributed by atoms with Crippen molar-refractivity contribution in [3.05, 3.63) is 51.6 Å². The number of amides is 1. The fourth-order valence-electron chi connectivity index (χ4n) is 2.35. The van der Waals surface area contributed by atoms with Gasteiger partial charge in [0.25, 0.3) is 11.5 Å². The van der Waals surface area contributed by atoms with Crippen molar-refractivity contribution in [2.75, 3.05) is 5.32 Å². The first-order valence-electron chi connectivity index (χ1n) is 6.66. The molecule has 0 fully saturated rings. The molecule has 1 amide bonds. The van der Waals surface area contributed by atoms with Gasteiger partial charge in [0.15, 0.2) is 0 Å². The summed E-state index contributed by atoms with van der Waals surface area (Å²) in [5.74, 6) is -1.02. The number of pyridine rings is 1.